The van der Waals surface area contributed by atoms with Gasteiger partial charge in [-0.2, -0.15) is 0 Å². The molecule has 0 aromatic heterocycles. The van der Waals surface area contributed by atoms with Gasteiger partial charge >= 0.3 is 7.60 Å². The van der Waals surface area contributed by atoms with Crippen LogP contribution in [0.15, 0.2) is 12.1 Å². The molecule has 7 nitrogen and oxygen atoms in total. The van der Waals surface area contributed by atoms with Crippen molar-refractivity contribution in [3.63, 3.8) is 0 Å². The van der Waals surface area contributed by atoms with E-state index in [1.165, 1.54) is 0 Å². The molecule has 0 N–H and O–H groups in total. The Kier molecular flexibility index (Phi) is 12.0. The molecule has 1 aliphatic heterocycles. The van der Waals surface area contributed by atoms with Crippen LogP contribution in [0.3, 0.4) is 0 Å². The van der Waals surface area contributed by atoms with Crippen molar-refractivity contribution in [2.24, 2.45) is 17.3 Å². The molecule has 35 heavy (non-hydrogen) atoms. The van der Waals surface area contributed by atoms with Crippen molar-refractivity contribution < 1.29 is 32.6 Å². The molecule has 0 unspecified atom stereocenters. The molecular weight excluding hydrogens is 467 g/mol. The van der Waals surface area contributed by atoms with E-state index in [0.717, 1.165) is 24.0 Å². The van der Waals surface area contributed by atoms with Gasteiger partial charge in [0.1, 0.15) is 11.5 Å². The molecule has 1 heterocycles. The van der Waals surface area contributed by atoms with E-state index in [0.29, 0.717) is 63.0 Å². The van der Waals surface area contributed by atoms with Crippen molar-refractivity contribution in [2.45, 2.75) is 80.7 Å². The summed E-state index contributed by atoms with van der Waals surface area (Å²) in [7, 11) is -3.34. The second-order valence-corrected chi connectivity index (χ2v) is 12.8. The van der Waals surface area contributed by atoms with E-state index < -0.39 is 13.9 Å². The Morgan fingerprint density at radius 2 is 1.43 bits per heavy atom. The second kappa shape index (κ2) is 14.0. The Labute approximate surface area is 212 Å². The Hall–Kier alpha value is -1.11. The van der Waals surface area contributed by atoms with Crippen LogP contribution >= 0.6 is 7.60 Å². The summed E-state index contributed by atoms with van der Waals surface area (Å²) in [6, 6.07) is 3.82. The molecule has 1 aromatic carbocycles. The zero-order chi connectivity index (χ0) is 26.1. The van der Waals surface area contributed by atoms with Crippen LogP contribution in [-0.4, -0.2) is 39.6 Å². The van der Waals surface area contributed by atoms with Crippen molar-refractivity contribution in [1.29, 1.82) is 0 Å². The lowest BCUT2D eigenvalue weighted by atomic mass is 9.95. The molecule has 0 bridgehead atoms. The van der Waals surface area contributed by atoms with Crippen LogP contribution < -0.4 is 9.47 Å². The lowest BCUT2D eigenvalue weighted by Gasteiger charge is -2.35. The number of hydrogen-bond donors (Lipinski definition) is 0. The highest BCUT2D eigenvalue weighted by Crippen LogP contribution is 2.53. The monoisotopic (exact) mass is 514 g/mol. The standard InChI is InChI=1S/C27H47O7P/c1-9-33-35(28,34-10-2)17-22-15-25(30-14-12-21(5)6)23(16-24(22)29-13-11-20(3)4)26-31-18-27(7,8)19-32-26/h15-16,20-21,26H,9-14,17-19H2,1-8H3. The fourth-order valence-electron chi connectivity index (χ4n) is 3.60. The largest absolute Gasteiger partial charge is 0.493 e. The van der Waals surface area contributed by atoms with Crippen LogP contribution in [0, 0.1) is 17.3 Å². The second-order valence-electron chi connectivity index (χ2n) is 10.8. The van der Waals surface area contributed by atoms with Crippen molar-refractivity contribution in [2.75, 3.05) is 39.6 Å². The van der Waals surface area contributed by atoms with Crippen LogP contribution in [0.5, 0.6) is 11.5 Å². The van der Waals surface area contributed by atoms with Crippen molar-refractivity contribution >= 4 is 7.60 Å². The number of benzene rings is 1. The first-order valence-electron chi connectivity index (χ1n) is 13.0. The van der Waals surface area contributed by atoms with Gasteiger partial charge in [0.25, 0.3) is 0 Å². The SMILES string of the molecule is CCOP(=O)(Cc1cc(OCCC(C)C)c(C2OCC(C)(C)CO2)cc1OCCC(C)C)OCC. The fourth-order valence-corrected chi connectivity index (χ4v) is 5.30. The van der Waals surface area contributed by atoms with Crippen LogP contribution in [-0.2, 0) is 29.2 Å². The number of rotatable bonds is 15. The maximum Gasteiger partial charge on any atom is 0.335 e. The highest BCUT2D eigenvalue weighted by Gasteiger charge is 2.33. The summed E-state index contributed by atoms with van der Waals surface area (Å²) >= 11 is 0. The molecule has 1 aliphatic rings. The minimum Gasteiger partial charge on any atom is -0.493 e. The molecular formula is C27H47O7P. The molecule has 1 fully saturated rings. The molecule has 0 atom stereocenters. The minimum absolute atomic E-state index is 0.0483. The van der Waals surface area contributed by atoms with Gasteiger partial charge in [-0.3, -0.25) is 4.57 Å². The van der Waals surface area contributed by atoms with Crippen LogP contribution in [0.2, 0.25) is 0 Å². The fraction of sp³-hybridized carbons (Fsp3) is 0.778. The first-order valence-corrected chi connectivity index (χ1v) is 14.7. The summed E-state index contributed by atoms with van der Waals surface area (Å²) in [6.07, 6.45) is 1.37. The molecule has 0 saturated carbocycles. The third kappa shape index (κ3) is 10.0. The first-order chi connectivity index (χ1) is 16.5. The molecule has 0 amide bonds. The van der Waals surface area contributed by atoms with E-state index in [1.807, 2.05) is 26.0 Å². The van der Waals surface area contributed by atoms with E-state index in [4.69, 9.17) is 28.0 Å². The summed E-state index contributed by atoms with van der Waals surface area (Å²) < 4.78 is 49.2. The lowest BCUT2D eigenvalue weighted by molar-refractivity contribution is -0.226. The van der Waals surface area contributed by atoms with Crippen LogP contribution in [0.1, 0.15) is 85.6 Å². The van der Waals surface area contributed by atoms with Gasteiger partial charge in [0.05, 0.1) is 51.4 Å². The van der Waals surface area contributed by atoms with Gasteiger partial charge in [-0.1, -0.05) is 41.5 Å². The summed E-state index contributed by atoms with van der Waals surface area (Å²) in [6.45, 7) is 19.4. The molecule has 2 rings (SSSR count). The Bertz CT molecular complexity index is 802. The quantitative estimate of drug-likeness (QED) is 0.226. The Morgan fingerprint density at radius 3 is 1.91 bits per heavy atom. The molecule has 0 radical (unpaired) electrons. The molecule has 202 valence electrons. The first kappa shape index (κ1) is 30.1. The van der Waals surface area contributed by atoms with E-state index >= 15 is 0 Å². The predicted molar refractivity (Wildman–Crippen MR) is 139 cm³/mol. The third-order valence-electron chi connectivity index (χ3n) is 5.62. The average Bonchev–Trinajstić information content (AvgIpc) is 2.75. The van der Waals surface area contributed by atoms with Crippen molar-refractivity contribution in [1.82, 2.24) is 0 Å². The van der Waals surface area contributed by atoms with Gasteiger partial charge in [0.15, 0.2) is 6.29 Å². The lowest BCUT2D eigenvalue weighted by Crippen LogP contribution is -2.34. The van der Waals surface area contributed by atoms with Crippen LogP contribution in [0.25, 0.3) is 0 Å². The topological polar surface area (TPSA) is 72.5 Å². The summed E-state index contributed by atoms with van der Waals surface area (Å²) in [5.74, 6) is 2.30. The Balaban J connectivity index is 2.46. The van der Waals surface area contributed by atoms with E-state index in [1.54, 1.807) is 0 Å². The summed E-state index contributed by atoms with van der Waals surface area (Å²) in [4.78, 5) is 0. The summed E-state index contributed by atoms with van der Waals surface area (Å²) in [5, 5.41) is 0. The van der Waals surface area contributed by atoms with Gasteiger partial charge in [0, 0.05) is 11.0 Å². The Morgan fingerprint density at radius 1 is 0.914 bits per heavy atom. The van der Waals surface area contributed by atoms with Gasteiger partial charge in [-0.25, -0.2) is 0 Å². The van der Waals surface area contributed by atoms with E-state index in [2.05, 4.69) is 41.5 Å². The molecule has 0 spiro atoms. The average molecular weight is 515 g/mol. The summed E-state index contributed by atoms with van der Waals surface area (Å²) in [5.41, 5.74) is 1.47. The van der Waals surface area contributed by atoms with Gasteiger partial charge in [-0.15, -0.1) is 0 Å². The molecule has 0 aliphatic carbocycles. The van der Waals surface area contributed by atoms with Gasteiger partial charge in [-0.05, 0) is 50.7 Å². The van der Waals surface area contributed by atoms with Crippen LogP contribution in [0.4, 0.5) is 0 Å². The highest BCUT2D eigenvalue weighted by molar-refractivity contribution is 7.53. The number of hydrogen-bond acceptors (Lipinski definition) is 7. The molecule has 1 saturated heterocycles. The number of ether oxygens (including phenoxy) is 4. The zero-order valence-corrected chi connectivity index (χ0v) is 24.0. The van der Waals surface area contributed by atoms with Gasteiger partial charge < -0.3 is 28.0 Å². The predicted octanol–water partition coefficient (Wildman–Crippen LogP) is 7.37. The maximum atomic E-state index is 13.4. The zero-order valence-electron chi connectivity index (χ0n) is 23.1. The van der Waals surface area contributed by atoms with E-state index in [9.17, 15) is 4.57 Å². The maximum absolute atomic E-state index is 13.4. The minimum atomic E-state index is -3.34. The molecule has 8 heteroatoms. The van der Waals surface area contributed by atoms with Gasteiger partial charge in [0.2, 0.25) is 0 Å². The van der Waals surface area contributed by atoms with Crippen molar-refractivity contribution in [3.8, 4) is 11.5 Å². The smallest absolute Gasteiger partial charge is 0.335 e. The van der Waals surface area contributed by atoms with E-state index in [-0.39, 0.29) is 11.6 Å². The highest BCUT2D eigenvalue weighted by atomic mass is 31.2. The normalized spacial score (nSPS) is 16.7. The molecule has 1 aromatic rings. The van der Waals surface area contributed by atoms with Crippen molar-refractivity contribution in [3.05, 3.63) is 23.3 Å². The third-order valence-corrected chi connectivity index (χ3v) is 7.65.